The maximum absolute atomic E-state index is 12.6. The van der Waals surface area contributed by atoms with Crippen LogP contribution < -0.4 is 5.73 Å². The Morgan fingerprint density at radius 1 is 1.12 bits per heavy atom. The first-order valence-corrected chi connectivity index (χ1v) is 9.57. The lowest BCUT2D eigenvalue weighted by molar-refractivity contribution is -0.141. The third-order valence-electron chi connectivity index (χ3n) is 5.30. The van der Waals surface area contributed by atoms with E-state index in [2.05, 4.69) is 0 Å². The summed E-state index contributed by atoms with van der Waals surface area (Å²) in [5.74, 6) is 0.227. The molecule has 2 fully saturated rings. The van der Waals surface area contributed by atoms with Gasteiger partial charge < -0.3 is 20.3 Å². The Labute approximate surface area is 159 Å². The number of hydrogen-bond donors (Lipinski definition) is 1. The van der Waals surface area contributed by atoms with Gasteiger partial charge in [-0.05, 0) is 30.4 Å². The van der Waals surface area contributed by atoms with Gasteiger partial charge in [0.1, 0.15) is 0 Å². The second-order valence-corrected chi connectivity index (χ2v) is 7.36. The first-order chi connectivity index (χ1) is 12.6. The number of hydrogen-bond acceptors (Lipinski definition) is 4. The molecule has 0 saturated carbocycles. The molecule has 2 aliphatic rings. The quantitative estimate of drug-likeness (QED) is 0.855. The fraction of sp³-hybridized carbons (Fsp3) is 0.579. The SMILES string of the molecule is NC(C(=O)N1CCN(C(=O)Cc2ccccc2Cl)CC1)C1CCOCC1. The van der Waals surface area contributed by atoms with Gasteiger partial charge in [-0.25, -0.2) is 0 Å². The van der Waals surface area contributed by atoms with E-state index >= 15 is 0 Å². The minimum absolute atomic E-state index is 0.00453. The van der Waals surface area contributed by atoms with Crippen LogP contribution >= 0.6 is 11.6 Å². The highest BCUT2D eigenvalue weighted by atomic mass is 35.5. The van der Waals surface area contributed by atoms with Crippen LogP contribution in [0.15, 0.2) is 24.3 Å². The summed E-state index contributed by atoms with van der Waals surface area (Å²) in [4.78, 5) is 28.7. The molecule has 2 heterocycles. The van der Waals surface area contributed by atoms with Crippen molar-refractivity contribution in [2.24, 2.45) is 11.7 Å². The van der Waals surface area contributed by atoms with Crippen molar-refractivity contribution in [3.05, 3.63) is 34.9 Å². The zero-order chi connectivity index (χ0) is 18.5. The summed E-state index contributed by atoms with van der Waals surface area (Å²) >= 11 is 6.13. The Bertz CT molecular complexity index is 641. The average molecular weight is 380 g/mol. The van der Waals surface area contributed by atoms with Gasteiger partial charge in [0.2, 0.25) is 11.8 Å². The van der Waals surface area contributed by atoms with Crippen molar-refractivity contribution in [1.29, 1.82) is 0 Å². The molecule has 1 unspecified atom stereocenters. The zero-order valence-electron chi connectivity index (χ0n) is 14.9. The molecule has 2 saturated heterocycles. The molecule has 1 aromatic rings. The van der Waals surface area contributed by atoms with Crippen molar-refractivity contribution >= 4 is 23.4 Å². The highest BCUT2D eigenvalue weighted by Crippen LogP contribution is 2.20. The third-order valence-corrected chi connectivity index (χ3v) is 5.67. The number of rotatable bonds is 4. The lowest BCUT2D eigenvalue weighted by Gasteiger charge is -2.37. The molecule has 0 radical (unpaired) electrons. The minimum atomic E-state index is -0.468. The number of benzene rings is 1. The molecule has 1 aromatic carbocycles. The Morgan fingerprint density at radius 3 is 2.38 bits per heavy atom. The van der Waals surface area contributed by atoms with Gasteiger partial charge in [-0.2, -0.15) is 0 Å². The standard InChI is InChI=1S/C19H26ClN3O3/c20-16-4-2-1-3-15(16)13-17(24)22-7-9-23(10-8-22)19(25)18(21)14-5-11-26-12-6-14/h1-4,14,18H,5-13,21H2. The molecule has 2 N–H and O–H groups in total. The first-order valence-electron chi connectivity index (χ1n) is 9.19. The van der Waals surface area contributed by atoms with Gasteiger partial charge in [-0.15, -0.1) is 0 Å². The van der Waals surface area contributed by atoms with E-state index in [9.17, 15) is 9.59 Å². The van der Waals surface area contributed by atoms with Gasteiger partial charge in [-0.1, -0.05) is 29.8 Å². The molecule has 1 atom stereocenters. The van der Waals surface area contributed by atoms with E-state index < -0.39 is 6.04 Å². The van der Waals surface area contributed by atoms with Gasteiger partial charge in [0.25, 0.3) is 0 Å². The number of ether oxygens (including phenoxy) is 1. The van der Waals surface area contributed by atoms with Crippen LogP contribution in [0, 0.1) is 5.92 Å². The van der Waals surface area contributed by atoms with Crippen LogP contribution in [0.2, 0.25) is 5.02 Å². The van der Waals surface area contributed by atoms with Crippen LogP contribution in [0.5, 0.6) is 0 Å². The zero-order valence-corrected chi connectivity index (χ0v) is 15.7. The van der Waals surface area contributed by atoms with Gasteiger partial charge in [0, 0.05) is 44.4 Å². The smallest absolute Gasteiger partial charge is 0.239 e. The predicted octanol–water partition coefficient (Wildman–Crippen LogP) is 1.31. The summed E-state index contributed by atoms with van der Waals surface area (Å²) in [5.41, 5.74) is 7.03. The van der Waals surface area contributed by atoms with Crippen molar-refractivity contribution < 1.29 is 14.3 Å². The van der Waals surface area contributed by atoms with E-state index in [0.29, 0.717) is 44.4 Å². The molecular formula is C19H26ClN3O3. The number of halogens is 1. The molecule has 142 valence electrons. The van der Waals surface area contributed by atoms with E-state index in [1.54, 1.807) is 15.9 Å². The molecule has 0 aromatic heterocycles. The predicted molar refractivity (Wildman–Crippen MR) is 99.8 cm³/mol. The normalized spacial score (nSPS) is 20.1. The van der Waals surface area contributed by atoms with Crippen LogP contribution in [0.25, 0.3) is 0 Å². The Morgan fingerprint density at radius 2 is 1.73 bits per heavy atom. The van der Waals surface area contributed by atoms with Crippen molar-refractivity contribution in [1.82, 2.24) is 9.80 Å². The number of nitrogens with two attached hydrogens (primary N) is 1. The molecule has 2 aliphatic heterocycles. The molecule has 0 aliphatic carbocycles. The maximum atomic E-state index is 12.6. The van der Waals surface area contributed by atoms with Gasteiger partial charge in [0.15, 0.2) is 0 Å². The molecule has 7 heteroatoms. The summed E-state index contributed by atoms with van der Waals surface area (Å²) < 4.78 is 5.34. The molecule has 2 amide bonds. The number of nitrogens with zero attached hydrogens (tertiary/aromatic N) is 2. The molecular weight excluding hydrogens is 354 g/mol. The number of carbonyl (C=O) groups excluding carboxylic acids is 2. The van der Waals surface area contributed by atoms with Crippen molar-refractivity contribution in [3.63, 3.8) is 0 Å². The van der Waals surface area contributed by atoms with E-state index in [0.717, 1.165) is 18.4 Å². The molecule has 0 spiro atoms. The topological polar surface area (TPSA) is 75.9 Å². The second-order valence-electron chi connectivity index (χ2n) is 6.95. The molecule has 3 rings (SSSR count). The summed E-state index contributed by atoms with van der Waals surface area (Å²) in [6.45, 7) is 3.49. The van der Waals surface area contributed by atoms with Crippen LogP contribution in [-0.4, -0.2) is 67.0 Å². The number of carbonyl (C=O) groups is 2. The van der Waals surface area contributed by atoms with Crippen LogP contribution in [-0.2, 0) is 20.7 Å². The van der Waals surface area contributed by atoms with Crippen molar-refractivity contribution in [3.8, 4) is 0 Å². The highest BCUT2D eigenvalue weighted by molar-refractivity contribution is 6.31. The van der Waals surface area contributed by atoms with Crippen LogP contribution in [0.1, 0.15) is 18.4 Å². The third kappa shape index (κ3) is 4.55. The minimum Gasteiger partial charge on any atom is -0.381 e. The summed E-state index contributed by atoms with van der Waals surface area (Å²) in [6, 6.07) is 6.92. The number of piperazine rings is 1. The van der Waals surface area contributed by atoms with Crippen LogP contribution in [0.3, 0.4) is 0 Å². The van der Waals surface area contributed by atoms with Crippen molar-refractivity contribution in [2.75, 3.05) is 39.4 Å². The Balaban J connectivity index is 1.49. The van der Waals surface area contributed by atoms with Gasteiger partial charge in [-0.3, -0.25) is 9.59 Å². The average Bonchev–Trinajstić information content (AvgIpc) is 2.69. The molecule has 0 bridgehead atoms. The van der Waals surface area contributed by atoms with E-state index in [-0.39, 0.29) is 24.2 Å². The molecule has 26 heavy (non-hydrogen) atoms. The Kier molecular flexibility index (Phi) is 6.51. The van der Waals surface area contributed by atoms with E-state index in [1.165, 1.54) is 0 Å². The lowest BCUT2D eigenvalue weighted by atomic mass is 9.91. The summed E-state index contributed by atoms with van der Waals surface area (Å²) in [5, 5.41) is 0.608. The fourth-order valence-electron chi connectivity index (χ4n) is 3.58. The van der Waals surface area contributed by atoms with Gasteiger partial charge >= 0.3 is 0 Å². The second kappa shape index (κ2) is 8.84. The lowest BCUT2D eigenvalue weighted by Crippen LogP contribution is -2.56. The van der Waals surface area contributed by atoms with Crippen LogP contribution in [0.4, 0.5) is 0 Å². The number of amides is 2. The Hall–Kier alpha value is -1.63. The monoisotopic (exact) mass is 379 g/mol. The maximum Gasteiger partial charge on any atom is 0.239 e. The van der Waals surface area contributed by atoms with Crippen molar-refractivity contribution in [2.45, 2.75) is 25.3 Å². The van der Waals surface area contributed by atoms with E-state index in [1.807, 2.05) is 18.2 Å². The highest BCUT2D eigenvalue weighted by Gasteiger charge is 2.32. The molecule has 6 nitrogen and oxygen atoms in total. The summed E-state index contributed by atoms with van der Waals surface area (Å²) in [7, 11) is 0. The van der Waals surface area contributed by atoms with E-state index in [4.69, 9.17) is 22.1 Å². The summed E-state index contributed by atoms with van der Waals surface area (Å²) in [6.07, 6.45) is 1.96. The largest absolute Gasteiger partial charge is 0.381 e. The fourth-order valence-corrected chi connectivity index (χ4v) is 3.78. The van der Waals surface area contributed by atoms with Gasteiger partial charge in [0.05, 0.1) is 12.5 Å². The first kappa shape index (κ1) is 19.1.